The van der Waals surface area contributed by atoms with E-state index in [1.54, 1.807) is 25.2 Å². The van der Waals surface area contributed by atoms with E-state index in [1.165, 1.54) is 17.2 Å². The minimum Gasteiger partial charge on any atom is -0.386 e. The molecule has 0 aromatic carbocycles. The van der Waals surface area contributed by atoms with Crippen LogP contribution in [0, 0.1) is 12.7 Å². The van der Waals surface area contributed by atoms with Crippen molar-refractivity contribution in [2.45, 2.75) is 25.4 Å². The molecule has 0 aliphatic carbocycles. The maximum atomic E-state index is 13.1. The average molecular weight is 358 g/mol. The molecule has 7 heteroatoms. The lowest BCUT2D eigenvalue weighted by molar-refractivity contribution is -0.000282. The molecule has 3 heterocycles. The SMILES string of the molecule is Cc1cccc(C(=O)N(C)C[C@]2(O)CCCN(c3ccc(F)cn3)C2)n1. The van der Waals surface area contributed by atoms with Crippen molar-refractivity contribution in [3.05, 3.63) is 53.7 Å². The minimum atomic E-state index is -1.05. The zero-order valence-electron chi connectivity index (χ0n) is 15.0. The molecule has 0 spiro atoms. The molecule has 138 valence electrons. The van der Waals surface area contributed by atoms with Crippen LogP contribution in [0.25, 0.3) is 0 Å². The molecule has 2 aromatic heterocycles. The molecule has 1 aliphatic heterocycles. The first kappa shape index (κ1) is 18.3. The van der Waals surface area contributed by atoms with Crippen LogP contribution < -0.4 is 4.90 Å². The number of hydrogen-bond acceptors (Lipinski definition) is 5. The number of hydrogen-bond donors (Lipinski definition) is 1. The summed E-state index contributed by atoms with van der Waals surface area (Å²) in [5.74, 6) is 0.00927. The van der Waals surface area contributed by atoms with Crippen molar-refractivity contribution in [3.63, 3.8) is 0 Å². The molecule has 6 nitrogen and oxygen atoms in total. The number of amides is 1. The van der Waals surface area contributed by atoms with Gasteiger partial charge in [-0.05, 0) is 44.0 Å². The van der Waals surface area contributed by atoms with Gasteiger partial charge in [-0.25, -0.2) is 14.4 Å². The highest BCUT2D eigenvalue weighted by Crippen LogP contribution is 2.26. The van der Waals surface area contributed by atoms with Crippen LogP contribution in [0.5, 0.6) is 0 Å². The van der Waals surface area contributed by atoms with Crippen LogP contribution in [0.15, 0.2) is 36.5 Å². The molecule has 1 amide bonds. The molecule has 26 heavy (non-hydrogen) atoms. The number of piperidine rings is 1. The largest absolute Gasteiger partial charge is 0.386 e. The van der Waals surface area contributed by atoms with Crippen molar-refractivity contribution < 1.29 is 14.3 Å². The fourth-order valence-corrected chi connectivity index (χ4v) is 3.36. The molecule has 2 aromatic rings. The Bertz CT molecular complexity index is 783. The Labute approximate surface area is 152 Å². The Hall–Kier alpha value is -2.54. The summed E-state index contributed by atoms with van der Waals surface area (Å²) in [5.41, 5.74) is 0.0842. The van der Waals surface area contributed by atoms with Gasteiger partial charge in [-0.2, -0.15) is 0 Å². The minimum absolute atomic E-state index is 0.194. The van der Waals surface area contributed by atoms with Crippen LogP contribution in [0.3, 0.4) is 0 Å². The summed E-state index contributed by atoms with van der Waals surface area (Å²) < 4.78 is 13.1. The zero-order valence-corrected chi connectivity index (χ0v) is 15.0. The third-order valence-electron chi connectivity index (χ3n) is 4.58. The number of carbonyl (C=O) groups excluding carboxylic acids is 1. The highest BCUT2D eigenvalue weighted by molar-refractivity contribution is 5.92. The third kappa shape index (κ3) is 4.16. The highest BCUT2D eigenvalue weighted by Gasteiger charge is 2.36. The second-order valence-electron chi connectivity index (χ2n) is 6.91. The van der Waals surface area contributed by atoms with Gasteiger partial charge in [0, 0.05) is 25.8 Å². The molecular weight excluding hydrogens is 335 g/mol. The van der Waals surface area contributed by atoms with Crippen molar-refractivity contribution in [1.29, 1.82) is 0 Å². The Morgan fingerprint density at radius 1 is 1.38 bits per heavy atom. The molecule has 1 aliphatic rings. The zero-order chi connectivity index (χ0) is 18.7. The van der Waals surface area contributed by atoms with Gasteiger partial charge in [-0.1, -0.05) is 6.07 Å². The molecular formula is C19H23FN4O2. The average Bonchev–Trinajstić information content (AvgIpc) is 2.61. The van der Waals surface area contributed by atoms with E-state index < -0.39 is 11.4 Å². The summed E-state index contributed by atoms with van der Waals surface area (Å²) in [6.45, 7) is 3.10. The quantitative estimate of drug-likeness (QED) is 0.906. The van der Waals surface area contributed by atoms with Gasteiger partial charge in [0.25, 0.3) is 5.91 Å². The van der Waals surface area contributed by atoms with E-state index >= 15 is 0 Å². The summed E-state index contributed by atoms with van der Waals surface area (Å²) in [4.78, 5) is 24.4. The fourth-order valence-electron chi connectivity index (χ4n) is 3.36. The topological polar surface area (TPSA) is 69.6 Å². The molecule has 0 unspecified atom stereocenters. The third-order valence-corrected chi connectivity index (χ3v) is 4.58. The number of carbonyl (C=O) groups is 1. The van der Waals surface area contributed by atoms with Gasteiger partial charge in [0.15, 0.2) is 0 Å². The van der Waals surface area contributed by atoms with Crippen molar-refractivity contribution in [1.82, 2.24) is 14.9 Å². The molecule has 0 bridgehead atoms. The first-order chi connectivity index (χ1) is 12.4. The second-order valence-corrected chi connectivity index (χ2v) is 6.91. The van der Waals surface area contributed by atoms with Crippen LogP contribution >= 0.6 is 0 Å². The molecule has 0 saturated carbocycles. The Balaban J connectivity index is 1.69. The van der Waals surface area contributed by atoms with Gasteiger partial charge in [-0.15, -0.1) is 0 Å². The standard InChI is InChI=1S/C19H23FN4O2/c1-14-5-3-6-16(22-14)18(25)23(2)12-19(26)9-4-10-24(13-19)17-8-7-15(20)11-21-17/h3,5-8,11,26H,4,9-10,12-13H2,1-2H3/t19-/m1/s1. The van der Waals surface area contributed by atoms with Crippen molar-refractivity contribution >= 4 is 11.7 Å². The monoisotopic (exact) mass is 358 g/mol. The van der Waals surface area contributed by atoms with Gasteiger partial charge < -0.3 is 14.9 Å². The Kier molecular flexibility index (Phi) is 5.18. The normalized spacial score (nSPS) is 20.1. The molecule has 1 N–H and O–H groups in total. The number of nitrogens with zero attached hydrogens (tertiary/aromatic N) is 4. The van der Waals surface area contributed by atoms with Gasteiger partial charge in [-0.3, -0.25) is 4.79 Å². The molecule has 1 saturated heterocycles. The summed E-state index contributed by atoms with van der Waals surface area (Å²) in [7, 11) is 1.67. The predicted molar refractivity (Wildman–Crippen MR) is 96.5 cm³/mol. The lowest BCUT2D eigenvalue weighted by Crippen LogP contribution is -2.55. The van der Waals surface area contributed by atoms with E-state index in [2.05, 4.69) is 9.97 Å². The van der Waals surface area contributed by atoms with Crippen molar-refractivity contribution in [2.75, 3.05) is 31.6 Å². The van der Waals surface area contributed by atoms with Gasteiger partial charge in [0.1, 0.15) is 17.3 Å². The van der Waals surface area contributed by atoms with E-state index in [-0.39, 0.29) is 12.5 Å². The van der Waals surface area contributed by atoms with Crippen LogP contribution in [0.4, 0.5) is 10.2 Å². The van der Waals surface area contributed by atoms with Crippen LogP contribution in [-0.2, 0) is 0 Å². The number of aromatic nitrogens is 2. The Morgan fingerprint density at radius 2 is 2.19 bits per heavy atom. The number of aryl methyl sites for hydroxylation is 1. The fraction of sp³-hybridized carbons (Fsp3) is 0.421. The van der Waals surface area contributed by atoms with Crippen LogP contribution in [0.1, 0.15) is 29.0 Å². The molecule has 3 rings (SSSR count). The smallest absolute Gasteiger partial charge is 0.272 e. The van der Waals surface area contributed by atoms with E-state index in [0.29, 0.717) is 24.5 Å². The lowest BCUT2D eigenvalue weighted by Gasteiger charge is -2.41. The summed E-state index contributed by atoms with van der Waals surface area (Å²) in [6.07, 6.45) is 2.52. The second kappa shape index (κ2) is 7.37. The first-order valence-corrected chi connectivity index (χ1v) is 8.64. The van der Waals surface area contributed by atoms with E-state index in [1.807, 2.05) is 17.9 Å². The van der Waals surface area contributed by atoms with Gasteiger partial charge in [0.2, 0.25) is 0 Å². The predicted octanol–water partition coefficient (Wildman–Crippen LogP) is 2.03. The summed E-state index contributed by atoms with van der Waals surface area (Å²) >= 11 is 0. The number of aliphatic hydroxyl groups is 1. The maximum absolute atomic E-state index is 13.1. The molecule has 0 radical (unpaired) electrons. The van der Waals surface area contributed by atoms with E-state index in [9.17, 15) is 14.3 Å². The Morgan fingerprint density at radius 3 is 2.88 bits per heavy atom. The summed E-state index contributed by atoms with van der Waals surface area (Å²) in [6, 6.07) is 8.26. The van der Waals surface area contributed by atoms with Crippen LogP contribution in [0.2, 0.25) is 0 Å². The number of β-amino-alcohol motifs (C(OH)–C–C–N with tert-alkyl or cyclic N) is 1. The first-order valence-electron chi connectivity index (χ1n) is 8.64. The number of halogens is 1. The summed E-state index contributed by atoms with van der Waals surface area (Å²) in [5, 5.41) is 11.0. The number of rotatable bonds is 4. The van der Waals surface area contributed by atoms with E-state index in [0.717, 1.165) is 18.7 Å². The van der Waals surface area contributed by atoms with E-state index in [4.69, 9.17) is 0 Å². The van der Waals surface area contributed by atoms with Crippen molar-refractivity contribution in [2.24, 2.45) is 0 Å². The van der Waals surface area contributed by atoms with Gasteiger partial charge >= 0.3 is 0 Å². The van der Waals surface area contributed by atoms with Gasteiger partial charge in [0.05, 0.1) is 18.3 Å². The highest BCUT2D eigenvalue weighted by atomic mass is 19.1. The maximum Gasteiger partial charge on any atom is 0.272 e. The number of likely N-dealkylation sites (N-methyl/N-ethyl adjacent to an activating group) is 1. The number of pyridine rings is 2. The molecule has 1 fully saturated rings. The number of anilines is 1. The lowest BCUT2D eigenvalue weighted by atomic mass is 9.92. The van der Waals surface area contributed by atoms with Crippen LogP contribution in [-0.4, -0.2) is 58.2 Å². The van der Waals surface area contributed by atoms with Crippen molar-refractivity contribution in [3.8, 4) is 0 Å². The molecule has 1 atom stereocenters.